The van der Waals surface area contributed by atoms with Crippen LogP contribution in [0.15, 0.2) is 42.9 Å². The molecule has 2 nitrogen and oxygen atoms in total. The molecular formula is C18H27ClN2. The SMILES string of the molecule is CC.CCCc1ccnc(Cl)c1.CCCc1ccncc1. The van der Waals surface area contributed by atoms with Crippen LogP contribution in [0, 0.1) is 0 Å². The Labute approximate surface area is 134 Å². The number of hydrogen-bond acceptors (Lipinski definition) is 2. The molecule has 0 aliphatic heterocycles. The molecule has 0 radical (unpaired) electrons. The molecule has 0 fully saturated rings. The van der Waals surface area contributed by atoms with Gasteiger partial charge in [0.25, 0.3) is 0 Å². The summed E-state index contributed by atoms with van der Waals surface area (Å²) in [7, 11) is 0. The van der Waals surface area contributed by atoms with Gasteiger partial charge < -0.3 is 0 Å². The predicted molar refractivity (Wildman–Crippen MR) is 92.8 cm³/mol. The molecule has 2 rings (SSSR count). The van der Waals surface area contributed by atoms with E-state index in [2.05, 4.69) is 35.9 Å². The number of halogens is 1. The number of hydrogen-bond donors (Lipinski definition) is 0. The van der Waals surface area contributed by atoms with E-state index in [9.17, 15) is 0 Å². The van der Waals surface area contributed by atoms with Crippen molar-refractivity contribution in [3.05, 3.63) is 59.1 Å². The van der Waals surface area contributed by atoms with Crippen molar-refractivity contribution >= 4 is 11.6 Å². The molecule has 0 saturated heterocycles. The molecule has 0 N–H and O–H groups in total. The fourth-order valence-corrected chi connectivity index (χ4v) is 1.92. The molecule has 0 spiro atoms. The minimum absolute atomic E-state index is 0.589. The summed E-state index contributed by atoms with van der Waals surface area (Å²) in [6.07, 6.45) is 10.0. The minimum atomic E-state index is 0.589. The van der Waals surface area contributed by atoms with Crippen LogP contribution in [-0.2, 0) is 12.8 Å². The summed E-state index contributed by atoms with van der Waals surface area (Å²) in [5.41, 5.74) is 2.65. The normalized spacial score (nSPS) is 9.00. The van der Waals surface area contributed by atoms with E-state index in [0.29, 0.717) is 5.15 Å². The molecule has 2 heterocycles. The van der Waals surface area contributed by atoms with Gasteiger partial charge in [0.1, 0.15) is 5.15 Å². The van der Waals surface area contributed by atoms with Crippen LogP contribution in [0.4, 0.5) is 0 Å². The lowest BCUT2D eigenvalue weighted by molar-refractivity contribution is 0.918. The third-order valence-electron chi connectivity index (χ3n) is 2.62. The first-order valence-corrected chi connectivity index (χ1v) is 8.13. The molecule has 2 aromatic rings. The lowest BCUT2D eigenvalue weighted by Gasteiger charge is -1.96. The second kappa shape index (κ2) is 13.6. The average Bonchev–Trinajstić information content (AvgIpc) is 2.52. The van der Waals surface area contributed by atoms with Crippen LogP contribution in [0.3, 0.4) is 0 Å². The van der Waals surface area contributed by atoms with E-state index < -0.39 is 0 Å². The van der Waals surface area contributed by atoms with Crippen LogP contribution in [0.5, 0.6) is 0 Å². The Bertz CT molecular complexity index is 458. The fraction of sp³-hybridized carbons (Fsp3) is 0.444. The second-order valence-electron chi connectivity index (χ2n) is 4.34. The van der Waals surface area contributed by atoms with Crippen LogP contribution in [0.25, 0.3) is 0 Å². The Morgan fingerprint density at radius 1 is 0.857 bits per heavy atom. The van der Waals surface area contributed by atoms with Crippen LogP contribution in [-0.4, -0.2) is 9.97 Å². The maximum absolute atomic E-state index is 5.67. The van der Waals surface area contributed by atoms with E-state index in [4.69, 9.17) is 11.6 Å². The van der Waals surface area contributed by atoms with Crippen molar-refractivity contribution in [1.82, 2.24) is 9.97 Å². The third-order valence-corrected chi connectivity index (χ3v) is 2.82. The van der Waals surface area contributed by atoms with Crippen LogP contribution < -0.4 is 0 Å². The summed E-state index contributed by atoms with van der Waals surface area (Å²) in [5, 5.41) is 0.589. The van der Waals surface area contributed by atoms with Gasteiger partial charge in [0.15, 0.2) is 0 Å². The smallest absolute Gasteiger partial charge is 0.129 e. The molecule has 0 aliphatic carbocycles. The number of pyridine rings is 2. The summed E-state index contributed by atoms with van der Waals surface area (Å²) in [5.74, 6) is 0. The maximum Gasteiger partial charge on any atom is 0.129 e. The van der Waals surface area contributed by atoms with Crippen molar-refractivity contribution in [2.24, 2.45) is 0 Å². The molecule has 0 unspecified atom stereocenters. The van der Waals surface area contributed by atoms with E-state index in [1.54, 1.807) is 6.20 Å². The number of nitrogens with zero attached hydrogens (tertiary/aromatic N) is 2. The first-order chi connectivity index (χ1) is 10.3. The first-order valence-electron chi connectivity index (χ1n) is 7.75. The van der Waals surface area contributed by atoms with Gasteiger partial charge in [-0.1, -0.05) is 52.1 Å². The van der Waals surface area contributed by atoms with Crippen molar-refractivity contribution in [3.63, 3.8) is 0 Å². The molecule has 3 heteroatoms. The molecule has 0 aliphatic rings. The zero-order chi connectivity index (χ0) is 15.9. The highest BCUT2D eigenvalue weighted by Gasteiger charge is 1.91. The Balaban J connectivity index is 0.000000342. The largest absolute Gasteiger partial charge is 0.265 e. The van der Waals surface area contributed by atoms with Crippen molar-refractivity contribution in [2.45, 2.75) is 53.4 Å². The molecule has 2 aromatic heterocycles. The summed E-state index contributed by atoms with van der Waals surface area (Å²) < 4.78 is 0. The van der Waals surface area contributed by atoms with Gasteiger partial charge in [-0.2, -0.15) is 0 Å². The molecule has 0 bridgehead atoms. The average molecular weight is 307 g/mol. The third kappa shape index (κ3) is 10.0. The molecule has 0 amide bonds. The predicted octanol–water partition coefficient (Wildman–Crippen LogP) is 5.75. The summed E-state index contributed by atoms with van der Waals surface area (Å²) in [6.45, 7) is 8.33. The van der Waals surface area contributed by atoms with Gasteiger partial charge in [-0.3, -0.25) is 4.98 Å². The van der Waals surface area contributed by atoms with Crippen molar-refractivity contribution in [1.29, 1.82) is 0 Å². The zero-order valence-electron chi connectivity index (χ0n) is 13.6. The van der Waals surface area contributed by atoms with Crippen molar-refractivity contribution < 1.29 is 0 Å². The number of aromatic nitrogens is 2. The molecule has 0 aromatic carbocycles. The van der Waals surface area contributed by atoms with Gasteiger partial charge in [-0.15, -0.1) is 0 Å². The van der Waals surface area contributed by atoms with E-state index in [1.807, 2.05) is 38.4 Å². The Hall–Kier alpha value is -1.41. The lowest BCUT2D eigenvalue weighted by Crippen LogP contribution is -1.83. The molecule has 116 valence electrons. The molecule has 0 saturated carbocycles. The van der Waals surface area contributed by atoms with Crippen LogP contribution in [0.1, 0.15) is 51.7 Å². The van der Waals surface area contributed by atoms with Gasteiger partial charge in [-0.05, 0) is 48.2 Å². The second-order valence-corrected chi connectivity index (χ2v) is 4.73. The standard InChI is InChI=1S/C8H10ClN.C8H11N.C2H6/c1-2-3-7-4-5-10-8(9)6-7;1-2-3-8-4-6-9-7-5-8;1-2/h4-6H,2-3H2,1H3;4-7H,2-3H2,1H3;1-2H3. The first kappa shape index (κ1) is 19.6. The topological polar surface area (TPSA) is 25.8 Å². The van der Waals surface area contributed by atoms with E-state index in [1.165, 1.54) is 24.0 Å². The van der Waals surface area contributed by atoms with Crippen LogP contribution in [0.2, 0.25) is 5.15 Å². The summed E-state index contributed by atoms with van der Waals surface area (Å²) in [6, 6.07) is 8.02. The van der Waals surface area contributed by atoms with Crippen molar-refractivity contribution in [2.75, 3.05) is 0 Å². The molecule has 0 atom stereocenters. The molecule has 21 heavy (non-hydrogen) atoms. The summed E-state index contributed by atoms with van der Waals surface area (Å²) in [4.78, 5) is 7.82. The van der Waals surface area contributed by atoms with Gasteiger partial charge in [0, 0.05) is 18.6 Å². The molecular weight excluding hydrogens is 280 g/mol. The van der Waals surface area contributed by atoms with Crippen LogP contribution >= 0.6 is 11.6 Å². The zero-order valence-corrected chi connectivity index (χ0v) is 14.4. The van der Waals surface area contributed by atoms with E-state index in [-0.39, 0.29) is 0 Å². The highest BCUT2D eigenvalue weighted by atomic mass is 35.5. The Morgan fingerprint density at radius 2 is 1.38 bits per heavy atom. The quantitative estimate of drug-likeness (QED) is 0.672. The Morgan fingerprint density at radius 3 is 1.90 bits per heavy atom. The van der Waals surface area contributed by atoms with Gasteiger partial charge >= 0.3 is 0 Å². The highest BCUT2D eigenvalue weighted by molar-refractivity contribution is 6.29. The maximum atomic E-state index is 5.67. The van der Waals surface area contributed by atoms with Gasteiger partial charge in [-0.25, -0.2) is 4.98 Å². The summed E-state index contributed by atoms with van der Waals surface area (Å²) >= 11 is 5.67. The van der Waals surface area contributed by atoms with Gasteiger partial charge in [0.05, 0.1) is 0 Å². The number of aryl methyl sites for hydroxylation is 2. The lowest BCUT2D eigenvalue weighted by atomic mass is 10.2. The number of rotatable bonds is 4. The van der Waals surface area contributed by atoms with Crippen molar-refractivity contribution in [3.8, 4) is 0 Å². The van der Waals surface area contributed by atoms with E-state index in [0.717, 1.165) is 12.8 Å². The van der Waals surface area contributed by atoms with Gasteiger partial charge in [0.2, 0.25) is 0 Å². The Kier molecular flexibility index (Phi) is 12.7. The monoisotopic (exact) mass is 306 g/mol. The fourth-order valence-electron chi connectivity index (χ4n) is 1.72. The minimum Gasteiger partial charge on any atom is -0.265 e. The highest BCUT2D eigenvalue weighted by Crippen LogP contribution is 2.08. The van der Waals surface area contributed by atoms with E-state index >= 15 is 0 Å².